The van der Waals surface area contributed by atoms with Crippen LogP contribution in [0, 0.1) is 13.8 Å². The van der Waals surface area contributed by atoms with E-state index in [9.17, 15) is 8.42 Å². The van der Waals surface area contributed by atoms with Crippen molar-refractivity contribution in [3.63, 3.8) is 0 Å². The summed E-state index contributed by atoms with van der Waals surface area (Å²) in [5.41, 5.74) is 2.51. The molecule has 3 aromatic rings. The molecule has 1 aromatic heterocycles. The van der Waals surface area contributed by atoms with Gasteiger partial charge in [0, 0.05) is 43.6 Å². The number of methoxy groups -OCH3 is 1. The number of nitrogens with one attached hydrogen (secondary N) is 1. The molecule has 0 unspecified atom stereocenters. The third kappa shape index (κ3) is 5.66. The summed E-state index contributed by atoms with van der Waals surface area (Å²) in [4.78, 5) is 11.6. The van der Waals surface area contributed by atoms with E-state index < -0.39 is 10.0 Å². The highest BCUT2D eigenvalue weighted by atomic mass is 32.2. The van der Waals surface area contributed by atoms with E-state index in [4.69, 9.17) is 9.47 Å². The lowest BCUT2D eigenvalue weighted by Gasteiger charge is -2.34. The van der Waals surface area contributed by atoms with Crippen LogP contribution < -0.4 is 19.7 Å². The zero-order valence-electron chi connectivity index (χ0n) is 20.5. The maximum atomic E-state index is 13.2. The molecule has 1 N–H and O–H groups in total. The van der Waals surface area contributed by atoms with E-state index in [-0.39, 0.29) is 4.90 Å². The second kappa shape index (κ2) is 10.5. The van der Waals surface area contributed by atoms with Crippen molar-refractivity contribution >= 4 is 27.5 Å². The van der Waals surface area contributed by atoms with Crippen molar-refractivity contribution in [3.05, 3.63) is 59.8 Å². The predicted molar refractivity (Wildman–Crippen MR) is 136 cm³/mol. The summed E-state index contributed by atoms with van der Waals surface area (Å²) in [7, 11) is -1.97. The summed E-state index contributed by atoms with van der Waals surface area (Å²) in [5, 5.41) is 3.30. The molecule has 0 bridgehead atoms. The average Bonchev–Trinajstić information content (AvgIpc) is 2.85. The van der Waals surface area contributed by atoms with Crippen LogP contribution >= 0.6 is 0 Å². The number of ether oxygens (including phenoxy) is 2. The van der Waals surface area contributed by atoms with Crippen LogP contribution in [0.15, 0.2) is 53.4 Å². The van der Waals surface area contributed by atoms with E-state index in [1.165, 1.54) is 4.31 Å². The predicted octanol–water partition coefficient (Wildman–Crippen LogP) is 3.76. The van der Waals surface area contributed by atoms with Crippen LogP contribution in [0.3, 0.4) is 0 Å². The maximum absolute atomic E-state index is 13.2. The van der Waals surface area contributed by atoms with Crippen LogP contribution in [-0.2, 0) is 10.0 Å². The highest BCUT2D eigenvalue weighted by Gasteiger charge is 2.30. The van der Waals surface area contributed by atoms with Crippen molar-refractivity contribution in [3.8, 4) is 11.5 Å². The van der Waals surface area contributed by atoms with Gasteiger partial charge in [0.15, 0.2) is 0 Å². The molecule has 1 aliphatic heterocycles. The number of piperazine rings is 1. The van der Waals surface area contributed by atoms with Gasteiger partial charge in [0.1, 0.15) is 17.3 Å². The largest absolute Gasteiger partial charge is 0.497 e. The van der Waals surface area contributed by atoms with Crippen molar-refractivity contribution in [1.29, 1.82) is 0 Å². The first kappa shape index (κ1) is 24.7. The molecule has 9 nitrogen and oxygen atoms in total. The molecule has 0 saturated carbocycles. The number of nitrogens with zero attached hydrogens (tertiary/aromatic N) is 4. The normalized spacial score (nSPS) is 14.6. The minimum atomic E-state index is -3.60. The molecule has 2 aromatic carbocycles. The second-order valence-corrected chi connectivity index (χ2v) is 10.2. The maximum Gasteiger partial charge on any atom is 0.243 e. The van der Waals surface area contributed by atoms with Crippen molar-refractivity contribution in [2.75, 3.05) is 50.1 Å². The van der Waals surface area contributed by atoms with Gasteiger partial charge >= 0.3 is 0 Å². The smallest absolute Gasteiger partial charge is 0.243 e. The lowest BCUT2D eigenvalue weighted by Crippen LogP contribution is -2.49. The molecule has 0 atom stereocenters. The summed E-state index contributed by atoms with van der Waals surface area (Å²) in [6.45, 7) is 7.92. The van der Waals surface area contributed by atoms with Crippen LogP contribution in [0.1, 0.15) is 18.2 Å². The molecular formula is C25H31N5O4S. The number of rotatable bonds is 8. The molecule has 0 spiro atoms. The van der Waals surface area contributed by atoms with Crippen molar-refractivity contribution < 1.29 is 17.9 Å². The van der Waals surface area contributed by atoms with Gasteiger partial charge in [-0.05, 0) is 68.8 Å². The average molecular weight is 498 g/mol. The Morgan fingerprint density at radius 2 is 1.69 bits per heavy atom. The van der Waals surface area contributed by atoms with Gasteiger partial charge in [-0.2, -0.15) is 9.29 Å². The molecule has 0 radical (unpaired) electrons. The van der Waals surface area contributed by atoms with Gasteiger partial charge < -0.3 is 19.7 Å². The Balaban J connectivity index is 1.44. The van der Waals surface area contributed by atoms with Gasteiger partial charge in [-0.15, -0.1) is 0 Å². The van der Waals surface area contributed by atoms with Crippen LogP contribution in [0.25, 0.3) is 0 Å². The number of hydrogen-bond donors (Lipinski definition) is 1. The molecule has 1 aliphatic rings. The highest BCUT2D eigenvalue weighted by Crippen LogP contribution is 2.26. The van der Waals surface area contributed by atoms with Crippen LogP contribution in [-0.4, -0.2) is 62.6 Å². The van der Waals surface area contributed by atoms with Crippen molar-refractivity contribution in [2.45, 2.75) is 25.7 Å². The number of anilines is 3. The Morgan fingerprint density at radius 1 is 0.971 bits per heavy atom. The third-order valence-electron chi connectivity index (χ3n) is 5.81. The zero-order valence-corrected chi connectivity index (χ0v) is 21.3. The van der Waals surface area contributed by atoms with E-state index in [0.717, 1.165) is 22.7 Å². The molecule has 4 rings (SSSR count). The van der Waals surface area contributed by atoms with E-state index in [0.29, 0.717) is 50.3 Å². The first-order valence-corrected chi connectivity index (χ1v) is 13.0. The van der Waals surface area contributed by atoms with Crippen molar-refractivity contribution in [2.24, 2.45) is 0 Å². The Bertz CT molecular complexity index is 1270. The van der Waals surface area contributed by atoms with E-state index in [1.807, 2.05) is 56.0 Å². The summed E-state index contributed by atoms with van der Waals surface area (Å²) in [6.07, 6.45) is 0. The standard InChI is InChI=1S/C25H31N5O4S/c1-5-34-23-11-10-22(16-18(23)2)35(31,32)30-14-12-29(13-15-30)25-26-19(3)17-24(28-25)27-20-6-8-21(33-4)9-7-20/h6-11,16-17H,5,12-15H2,1-4H3,(H,26,27,28). The van der Waals surface area contributed by atoms with Gasteiger partial charge in [0.25, 0.3) is 0 Å². The number of hydrogen-bond acceptors (Lipinski definition) is 8. The summed E-state index contributed by atoms with van der Waals surface area (Å²) in [5.74, 6) is 2.74. The molecule has 2 heterocycles. The zero-order chi connectivity index (χ0) is 25.0. The monoisotopic (exact) mass is 497 g/mol. The van der Waals surface area contributed by atoms with E-state index in [2.05, 4.69) is 15.3 Å². The summed E-state index contributed by atoms with van der Waals surface area (Å²) >= 11 is 0. The Hall–Kier alpha value is -3.37. The molecule has 1 fully saturated rings. The number of aromatic nitrogens is 2. The molecule has 10 heteroatoms. The fraction of sp³-hybridized carbons (Fsp3) is 0.360. The SMILES string of the molecule is CCOc1ccc(S(=O)(=O)N2CCN(c3nc(C)cc(Nc4ccc(OC)cc4)n3)CC2)cc1C. The summed E-state index contributed by atoms with van der Waals surface area (Å²) in [6, 6.07) is 14.5. The quantitative estimate of drug-likeness (QED) is 0.503. The lowest BCUT2D eigenvalue weighted by atomic mass is 10.2. The molecule has 1 saturated heterocycles. The first-order valence-electron chi connectivity index (χ1n) is 11.6. The van der Waals surface area contributed by atoms with Gasteiger partial charge in [0.2, 0.25) is 16.0 Å². The molecule has 186 valence electrons. The minimum absolute atomic E-state index is 0.282. The van der Waals surface area contributed by atoms with Crippen LogP contribution in [0.2, 0.25) is 0 Å². The fourth-order valence-corrected chi connectivity index (χ4v) is 5.47. The lowest BCUT2D eigenvalue weighted by molar-refractivity contribution is 0.337. The fourth-order valence-electron chi connectivity index (χ4n) is 3.96. The molecule has 0 aliphatic carbocycles. The van der Waals surface area contributed by atoms with Crippen molar-refractivity contribution in [1.82, 2.24) is 14.3 Å². The number of sulfonamides is 1. The molecule has 35 heavy (non-hydrogen) atoms. The number of aryl methyl sites for hydroxylation is 2. The Morgan fingerprint density at radius 3 is 2.31 bits per heavy atom. The van der Waals surface area contributed by atoms with Gasteiger partial charge in [-0.25, -0.2) is 13.4 Å². The molecular weight excluding hydrogens is 466 g/mol. The van der Waals surface area contributed by atoms with E-state index >= 15 is 0 Å². The van der Waals surface area contributed by atoms with Crippen LogP contribution in [0.5, 0.6) is 11.5 Å². The van der Waals surface area contributed by atoms with E-state index in [1.54, 1.807) is 25.3 Å². The summed E-state index contributed by atoms with van der Waals surface area (Å²) < 4.78 is 38.7. The van der Waals surface area contributed by atoms with Gasteiger partial charge in [-0.1, -0.05) is 0 Å². The highest BCUT2D eigenvalue weighted by molar-refractivity contribution is 7.89. The first-order chi connectivity index (χ1) is 16.8. The molecule has 0 amide bonds. The third-order valence-corrected chi connectivity index (χ3v) is 7.70. The Labute approximate surface area is 206 Å². The second-order valence-electron chi connectivity index (χ2n) is 8.30. The van der Waals surface area contributed by atoms with Gasteiger partial charge in [-0.3, -0.25) is 0 Å². The van der Waals surface area contributed by atoms with Crippen LogP contribution in [0.4, 0.5) is 17.5 Å². The van der Waals surface area contributed by atoms with Gasteiger partial charge in [0.05, 0.1) is 18.6 Å². The Kier molecular flexibility index (Phi) is 7.42. The topological polar surface area (TPSA) is 96.9 Å². The number of benzene rings is 2. The minimum Gasteiger partial charge on any atom is -0.497 e.